The maximum absolute atomic E-state index is 10.6. The smallest absolute Gasteiger partial charge is 0.306 e. The summed E-state index contributed by atoms with van der Waals surface area (Å²) in [6.45, 7) is 13.6. The molecule has 1 rings (SSSR count). The minimum absolute atomic E-state index is 0.0331. The van der Waals surface area contributed by atoms with Gasteiger partial charge in [0.15, 0.2) is 0 Å². The van der Waals surface area contributed by atoms with Crippen molar-refractivity contribution in [3.05, 3.63) is 29.8 Å². The minimum atomic E-state index is -0.326. The molecule has 0 spiro atoms. The lowest BCUT2D eigenvalue weighted by Gasteiger charge is -2.19. The minimum Gasteiger partial charge on any atom is -0.508 e. The molecule has 0 radical (unpaired) electrons. The van der Waals surface area contributed by atoms with Crippen LogP contribution >= 0.6 is 0 Å². The average molecular weight is 280 g/mol. The number of para-hydroxylation sites is 1. The zero-order valence-electron chi connectivity index (χ0n) is 13.8. The lowest BCUT2D eigenvalue weighted by molar-refractivity contribution is -0.154. The quantitative estimate of drug-likeness (QED) is 0.774. The van der Waals surface area contributed by atoms with Crippen LogP contribution in [-0.4, -0.2) is 16.7 Å². The summed E-state index contributed by atoms with van der Waals surface area (Å²) in [7, 11) is 0. The van der Waals surface area contributed by atoms with E-state index in [2.05, 4.69) is 20.8 Å². The van der Waals surface area contributed by atoms with Gasteiger partial charge in [0.25, 0.3) is 0 Å². The van der Waals surface area contributed by atoms with Gasteiger partial charge in [0.2, 0.25) is 0 Å². The summed E-state index contributed by atoms with van der Waals surface area (Å²) in [6, 6.07) is 7.46. The normalized spacial score (nSPS) is 11.3. The fraction of sp³-hybridized carbons (Fsp3) is 0.588. The molecular weight excluding hydrogens is 252 g/mol. The summed E-state index contributed by atoms with van der Waals surface area (Å²) in [5.41, 5.74) is 0.707. The highest BCUT2D eigenvalue weighted by Gasteiger charge is 2.16. The summed E-state index contributed by atoms with van der Waals surface area (Å²) in [4.78, 5) is 10.6. The SMILES string of the molecule is CC(C)(C)c1ccccc1O.CCC(=O)OC(C)(C)C. The molecule has 0 aromatic heterocycles. The van der Waals surface area contributed by atoms with E-state index >= 15 is 0 Å². The van der Waals surface area contributed by atoms with Crippen LogP contribution in [0.15, 0.2) is 24.3 Å². The summed E-state index contributed by atoms with van der Waals surface area (Å²) < 4.78 is 4.95. The number of carbonyl (C=O) groups is 1. The number of rotatable bonds is 1. The predicted molar refractivity (Wildman–Crippen MR) is 82.9 cm³/mol. The monoisotopic (exact) mass is 280 g/mol. The van der Waals surface area contributed by atoms with Gasteiger partial charge in [-0.3, -0.25) is 4.79 Å². The first-order valence-electron chi connectivity index (χ1n) is 6.97. The second kappa shape index (κ2) is 7.32. The highest BCUT2D eigenvalue weighted by Crippen LogP contribution is 2.29. The van der Waals surface area contributed by atoms with Crippen molar-refractivity contribution in [2.24, 2.45) is 0 Å². The highest BCUT2D eigenvalue weighted by atomic mass is 16.6. The molecule has 0 heterocycles. The van der Waals surface area contributed by atoms with E-state index in [1.807, 2.05) is 39.0 Å². The third-order valence-electron chi connectivity index (χ3n) is 2.42. The number of hydrogen-bond acceptors (Lipinski definition) is 3. The van der Waals surface area contributed by atoms with E-state index in [1.165, 1.54) is 0 Å². The summed E-state index contributed by atoms with van der Waals surface area (Å²) >= 11 is 0. The molecule has 3 nitrogen and oxygen atoms in total. The van der Waals surface area contributed by atoms with E-state index in [-0.39, 0.29) is 17.0 Å². The van der Waals surface area contributed by atoms with Gasteiger partial charge < -0.3 is 9.84 Å². The Labute approximate surface area is 123 Å². The number of hydrogen-bond donors (Lipinski definition) is 1. The Morgan fingerprint density at radius 3 is 1.85 bits per heavy atom. The van der Waals surface area contributed by atoms with Crippen molar-refractivity contribution >= 4 is 5.97 Å². The van der Waals surface area contributed by atoms with Gasteiger partial charge in [-0.1, -0.05) is 45.9 Å². The van der Waals surface area contributed by atoms with E-state index in [1.54, 1.807) is 13.0 Å². The van der Waals surface area contributed by atoms with Gasteiger partial charge in [-0.2, -0.15) is 0 Å². The zero-order chi connectivity index (χ0) is 16.0. The van der Waals surface area contributed by atoms with Crippen LogP contribution in [0.5, 0.6) is 5.75 Å². The number of phenols is 1. The van der Waals surface area contributed by atoms with E-state index in [0.29, 0.717) is 12.2 Å². The van der Waals surface area contributed by atoms with Crippen molar-refractivity contribution in [1.29, 1.82) is 0 Å². The summed E-state index contributed by atoms with van der Waals surface area (Å²) in [5, 5.41) is 9.45. The molecule has 0 fully saturated rings. The van der Waals surface area contributed by atoms with Gasteiger partial charge in [0.1, 0.15) is 11.4 Å². The van der Waals surface area contributed by atoms with Gasteiger partial charge in [0, 0.05) is 6.42 Å². The second-order valence-electron chi connectivity index (χ2n) is 6.71. The summed E-state index contributed by atoms with van der Waals surface area (Å²) in [5.74, 6) is 0.252. The Hall–Kier alpha value is -1.51. The van der Waals surface area contributed by atoms with Crippen molar-refractivity contribution in [2.75, 3.05) is 0 Å². The molecule has 114 valence electrons. The van der Waals surface area contributed by atoms with E-state index in [4.69, 9.17) is 4.74 Å². The van der Waals surface area contributed by atoms with Crippen LogP contribution in [0.1, 0.15) is 60.5 Å². The molecule has 0 saturated carbocycles. The Morgan fingerprint density at radius 2 is 1.60 bits per heavy atom. The molecule has 0 unspecified atom stereocenters. The first kappa shape index (κ1) is 18.5. The fourth-order valence-electron chi connectivity index (χ4n) is 1.52. The predicted octanol–water partition coefficient (Wildman–Crippen LogP) is 4.43. The molecule has 1 aromatic rings. The molecule has 0 aliphatic heterocycles. The van der Waals surface area contributed by atoms with Gasteiger partial charge >= 0.3 is 5.97 Å². The van der Waals surface area contributed by atoms with E-state index in [0.717, 1.165) is 5.56 Å². The third kappa shape index (κ3) is 7.82. The van der Waals surface area contributed by atoms with Gasteiger partial charge in [-0.15, -0.1) is 0 Å². The highest BCUT2D eigenvalue weighted by molar-refractivity contribution is 5.69. The van der Waals surface area contributed by atoms with Gasteiger partial charge in [-0.25, -0.2) is 0 Å². The molecule has 0 aliphatic rings. The van der Waals surface area contributed by atoms with E-state index < -0.39 is 0 Å². The molecule has 1 N–H and O–H groups in total. The number of esters is 1. The Bertz CT molecular complexity index is 423. The van der Waals surface area contributed by atoms with Crippen molar-refractivity contribution in [3.8, 4) is 5.75 Å². The number of carbonyl (C=O) groups excluding carboxylic acids is 1. The van der Waals surface area contributed by atoms with Gasteiger partial charge in [0.05, 0.1) is 0 Å². The van der Waals surface area contributed by atoms with Crippen molar-refractivity contribution in [3.63, 3.8) is 0 Å². The van der Waals surface area contributed by atoms with Crippen LogP contribution in [0.25, 0.3) is 0 Å². The van der Waals surface area contributed by atoms with Crippen LogP contribution < -0.4 is 0 Å². The molecule has 0 amide bonds. The number of aromatic hydroxyl groups is 1. The molecule has 0 bridgehead atoms. The van der Waals surface area contributed by atoms with Crippen LogP contribution in [-0.2, 0) is 14.9 Å². The average Bonchev–Trinajstić information content (AvgIpc) is 2.26. The van der Waals surface area contributed by atoms with Gasteiger partial charge in [-0.05, 0) is 37.8 Å². The fourth-order valence-corrected chi connectivity index (χ4v) is 1.52. The lowest BCUT2D eigenvalue weighted by Crippen LogP contribution is -2.23. The van der Waals surface area contributed by atoms with Crippen molar-refractivity contribution < 1.29 is 14.6 Å². The molecule has 0 aliphatic carbocycles. The van der Waals surface area contributed by atoms with Crippen LogP contribution in [0.3, 0.4) is 0 Å². The Kier molecular flexibility index (Phi) is 6.77. The molecule has 0 saturated heterocycles. The van der Waals surface area contributed by atoms with E-state index in [9.17, 15) is 9.90 Å². The largest absolute Gasteiger partial charge is 0.508 e. The number of ether oxygens (including phenoxy) is 1. The molecule has 1 aromatic carbocycles. The van der Waals surface area contributed by atoms with Crippen LogP contribution in [0.2, 0.25) is 0 Å². The molecular formula is C17H28O3. The molecule has 20 heavy (non-hydrogen) atoms. The topological polar surface area (TPSA) is 46.5 Å². The standard InChI is InChI=1S/C10H14O.C7H14O2/c1-10(2,3)8-6-4-5-7-9(8)11;1-5-6(8)9-7(2,3)4/h4-7,11H,1-3H3;5H2,1-4H3. The Morgan fingerprint density at radius 1 is 1.10 bits per heavy atom. The number of benzene rings is 1. The maximum atomic E-state index is 10.6. The maximum Gasteiger partial charge on any atom is 0.306 e. The first-order chi connectivity index (χ1) is 8.97. The van der Waals surface area contributed by atoms with Crippen molar-refractivity contribution in [1.82, 2.24) is 0 Å². The molecule has 0 atom stereocenters. The third-order valence-corrected chi connectivity index (χ3v) is 2.42. The van der Waals surface area contributed by atoms with Crippen LogP contribution in [0, 0.1) is 0 Å². The zero-order valence-corrected chi connectivity index (χ0v) is 13.8. The Balaban J connectivity index is 0.000000370. The lowest BCUT2D eigenvalue weighted by atomic mass is 9.86. The summed E-state index contributed by atoms with van der Waals surface area (Å²) in [6.07, 6.45) is 0.456. The second-order valence-corrected chi connectivity index (χ2v) is 6.71. The van der Waals surface area contributed by atoms with Crippen LogP contribution in [0.4, 0.5) is 0 Å². The molecule has 3 heteroatoms. The van der Waals surface area contributed by atoms with Crippen molar-refractivity contribution in [2.45, 2.75) is 65.9 Å². The number of phenolic OH excluding ortho intramolecular Hbond substituents is 1. The first-order valence-corrected chi connectivity index (χ1v) is 6.97.